The van der Waals surface area contributed by atoms with Crippen molar-refractivity contribution in [1.82, 2.24) is 20.3 Å². The lowest BCUT2D eigenvalue weighted by Crippen LogP contribution is -2.47. The van der Waals surface area contributed by atoms with E-state index < -0.39 is 0 Å². The van der Waals surface area contributed by atoms with Crippen LogP contribution in [0.15, 0.2) is 47.9 Å². The maximum Gasteiger partial charge on any atom is 0.220 e. The van der Waals surface area contributed by atoms with Crippen LogP contribution in [-0.4, -0.2) is 39.9 Å². The molecule has 1 saturated heterocycles. The highest BCUT2D eigenvalue weighted by molar-refractivity contribution is 6.03. The van der Waals surface area contributed by atoms with Gasteiger partial charge in [0.05, 0.1) is 17.1 Å². The Labute approximate surface area is 179 Å². The molecule has 0 saturated carbocycles. The highest BCUT2D eigenvalue weighted by Crippen LogP contribution is 2.38. The van der Waals surface area contributed by atoms with E-state index in [1.165, 1.54) is 6.07 Å². The van der Waals surface area contributed by atoms with E-state index in [4.69, 9.17) is 10.6 Å². The van der Waals surface area contributed by atoms with Crippen LogP contribution in [0.1, 0.15) is 34.9 Å². The summed E-state index contributed by atoms with van der Waals surface area (Å²) in [4.78, 5) is 18.8. The highest BCUT2D eigenvalue weighted by Gasteiger charge is 2.31. The summed E-state index contributed by atoms with van der Waals surface area (Å²) in [6.45, 7) is 3.48. The number of fused-ring (bicyclic) bond motifs is 1. The van der Waals surface area contributed by atoms with Crippen molar-refractivity contribution in [2.24, 2.45) is 5.16 Å². The number of halogens is 1. The number of pyridine rings is 1. The normalized spacial score (nSPS) is 19.7. The van der Waals surface area contributed by atoms with E-state index in [-0.39, 0.29) is 23.8 Å². The Morgan fingerprint density at radius 2 is 2.06 bits per heavy atom. The first-order valence-electron chi connectivity index (χ1n) is 10.3. The van der Waals surface area contributed by atoms with Crippen LogP contribution in [-0.2, 0) is 11.3 Å². The van der Waals surface area contributed by atoms with Crippen LogP contribution in [0.2, 0.25) is 0 Å². The molecule has 3 aromatic rings. The molecule has 2 aromatic heterocycles. The molecule has 1 aromatic carbocycles. The molecule has 158 valence electrons. The number of oxime groups is 1. The van der Waals surface area contributed by atoms with Crippen LogP contribution in [0.5, 0.6) is 0 Å². The van der Waals surface area contributed by atoms with Crippen molar-refractivity contribution in [3.05, 3.63) is 71.1 Å². The minimum absolute atomic E-state index is 0.0406. The van der Waals surface area contributed by atoms with Crippen molar-refractivity contribution in [2.45, 2.75) is 31.8 Å². The Balaban J connectivity index is 1.58. The Morgan fingerprint density at radius 1 is 1.19 bits per heavy atom. The Bertz CT molecular complexity index is 1150. The summed E-state index contributed by atoms with van der Waals surface area (Å²) in [5.41, 5.74) is 12.0. The summed E-state index contributed by atoms with van der Waals surface area (Å²) >= 11 is 0. The fourth-order valence-corrected chi connectivity index (χ4v) is 4.25. The molecule has 1 fully saturated rings. The summed E-state index contributed by atoms with van der Waals surface area (Å²) in [6, 6.07) is 8.70. The Hall–Kier alpha value is -3.39. The van der Waals surface area contributed by atoms with Crippen LogP contribution in [0.4, 0.5) is 10.3 Å². The van der Waals surface area contributed by atoms with Gasteiger partial charge in [-0.25, -0.2) is 14.4 Å². The van der Waals surface area contributed by atoms with E-state index in [9.17, 15) is 4.39 Å². The van der Waals surface area contributed by atoms with Crippen LogP contribution in [0, 0.1) is 12.7 Å². The number of aryl methyl sites for hydroxylation is 1. The predicted octanol–water partition coefficient (Wildman–Crippen LogP) is 2.99. The van der Waals surface area contributed by atoms with E-state index in [1.54, 1.807) is 18.5 Å². The third kappa shape index (κ3) is 3.86. The molecule has 3 heterocycles. The van der Waals surface area contributed by atoms with Crippen LogP contribution in [0.25, 0.3) is 11.1 Å². The first-order chi connectivity index (χ1) is 15.1. The number of hydrogen-bond donors (Lipinski definition) is 2. The van der Waals surface area contributed by atoms with Gasteiger partial charge in [0, 0.05) is 43.0 Å². The number of anilines is 1. The minimum atomic E-state index is -0.282. The molecule has 31 heavy (non-hydrogen) atoms. The van der Waals surface area contributed by atoms with Gasteiger partial charge < -0.3 is 15.9 Å². The van der Waals surface area contributed by atoms with Gasteiger partial charge in [-0.05, 0) is 48.6 Å². The van der Waals surface area contributed by atoms with Gasteiger partial charge in [-0.2, -0.15) is 0 Å². The summed E-state index contributed by atoms with van der Waals surface area (Å²) in [6.07, 6.45) is 4.83. The van der Waals surface area contributed by atoms with Gasteiger partial charge in [0.2, 0.25) is 5.95 Å². The molecule has 8 heteroatoms. The number of nitrogen functional groups attached to an aromatic ring is 1. The van der Waals surface area contributed by atoms with E-state index in [0.717, 1.165) is 52.4 Å². The molecule has 2 aliphatic rings. The zero-order chi connectivity index (χ0) is 21.4. The Morgan fingerprint density at radius 3 is 2.81 bits per heavy atom. The fraction of sp³-hybridized carbons (Fsp3) is 0.304. The van der Waals surface area contributed by atoms with Gasteiger partial charge >= 0.3 is 0 Å². The predicted molar refractivity (Wildman–Crippen MR) is 116 cm³/mol. The number of nitrogens with one attached hydrogen (secondary N) is 1. The van der Waals surface area contributed by atoms with Crippen LogP contribution in [0.3, 0.4) is 0 Å². The summed E-state index contributed by atoms with van der Waals surface area (Å²) in [5.74, 6) is 0.00163. The Kier molecular flexibility index (Phi) is 5.07. The third-order valence-electron chi connectivity index (χ3n) is 5.83. The first-order valence-corrected chi connectivity index (χ1v) is 10.3. The number of nitrogens with two attached hydrogens (primary N) is 1. The molecule has 1 aliphatic heterocycles. The smallest absolute Gasteiger partial charge is 0.220 e. The van der Waals surface area contributed by atoms with E-state index in [0.29, 0.717) is 12.8 Å². The topological polar surface area (TPSA) is 98.3 Å². The number of nitrogens with zero attached hydrogens (tertiary/aromatic N) is 4. The molecule has 0 bridgehead atoms. The fourth-order valence-electron chi connectivity index (χ4n) is 4.25. The van der Waals surface area contributed by atoms with Crippen LogP contribution >= 0.6 is 0 Å². The molecular formula is C23H23FN6O. The standard InChI is InChI=1S/C23H23FN6O/c1-13-22-20(29-23(25)28-13)7-15(8-21(22)30-31-17-11-27-12-17)18-5-4-16(24)9-19(18)14-3-2-6-26-10-14/h2-6,9-10,15,17,27H,7-8,11-12H2,1H3,(H2,25,28,29)/b30-21+/t15-/m0/s1. The second kappa shape index (κ2) is 8.03. The molecule has 3 N–H and O–H groups in total. The summed E-state index contributed by atoms with van der Waals surface area (Å²) in [5, 5.41) is 7.68. The monoisotopic (exact) mass is 418 g/mol. The quantitative estimate of drug-likeness (QED) is 0.632. The number of hydrogen-bond acceptors (Lipinski definition) is 7. The molecular weight excluding hydrogens is 395 g/mol. The van der Waals surface area contributed by atoms with E-state index >= 15 is 0 Å². The maximum atomic E-state index is 14.2. The molecule has 0 amide bonds. The minimum Gasteiger partial charge on any atom is -0.390 e. The molecule has 0 radical (unpaired) electrons. The third-order valence-corrected chi connectivity index (χ3v) is 5.83. The first kappa shape index (κ1) is 19.6. The molecule has 1 atom stereocenters. The molecule has 5 rings (SSSR count). The molecule has 0 spiro atoms. The zero-order valence-electron chi connectivity index (χ0n) is 17.2. The van der Waals surface area contributed by atoms with Crippen molar-refractivity contribution in [3.63, 3.8) is 0 Å². The molecule has 1 aliphatic carbocycles. The summed E-state index contributed by atoms with van der Waals surface area (Å²) in [7, 11) is 0. The van der Waals surface area contributed by atoms with Crippen molar-refractivity contribution < 1.29 is 9.23 Å². The van der Waals surface area contributed by atoms with Gasteiger partial charge in [0.15, 0.2) is 6.10 Å². The van der Waals surface area contributed by atoms with Gasteiger partial charge in [-0.1, -0.05) is 17.3 Å². The van der Waals surface area contributed by atoms with Gasteiger partial charge in [0.25, 0.3) is 0 Å². The van der Waals surface area contributed by atoms with E-state index in [1.807, 2.05) is 25.1 Å². The summed E-state index contributed by atoms with van der Waals surface area (Å²) < 4.78 is 14.2. The maximum absolute atomic E-state index is 14.2. The molecule has 0 unspecified atom stereocenters. The SMILES string of the molecule is Cc1nc(N)nc2c1/C(=N/OC1CNC1)C[C@@H](c1ccc(F)cc1-c1cccnc1)C2. The number of benzene rings is 1. The average molecular weight is 418 g/mol. The van der Waals surface area contributed by atoms with Crippen molar-refractivity contribution in [3.8, 4) is 11.1 Å². The van der Waals surface area contributed by atoms with Gasteiger partial charge in [-0.15, -0.1) is 0 Å². The average Bonchev–Trinajstić information content (AvgIpc) is 2.72. The number of aromatic nitrogens is 3. The molecule has 7 nitrogen and oxygen atoms in total. The lowest BCUT2D eigenvalue weighted by molar-refractivity contribution is 0.0227. The van der Waals surface area contributed by atoms with Gasteiger partial charge in [-0.3, -0.25) is 4.98 Å². The lowest BCUT2D eigenvalue weighted by Gasteiger charge is -2.29. The second-order valence-electron chi connectivity index (χ2n) is 7.99. The van der Waals surface area contributed by atoms with Crippen molar-refractivity contribution >= 4 is 11.7 Å². The van der Waals surface area contributed by atoms with Crippen molar-refractivity contribution in [2.75, 3.05) is 18.8 Å². The van der Waals surface area contributed by atoms with Crippen molar-refractivity contribution in [1.29, 1.82) is 0 Å². The highest BCUT2D eigenvalue weighted by atomic mass is 19.1. The van der Waals surface area contributed by atoms with E-state index in [2.05, 4.69) is 25.4 Å². The van der Waals surface area contributed by atoms with Gasteiger partial charge in [0.1, 0.15) is 5.82 Å². The number of rotatable bonds is 4. The lowest BCUT2D eigenvalue weighted by atomic mass is 9.78. The largest absolute Gasteiger partial charge is 0.390 e. The second-order valence-corrected chi connectivity index (χ2v) is 7.99. The van der Waals surface area contributed by atoms with Crippen LogP contribution < -0.4 is 11.1 Å². The zero-order valence-corrected chi connectivity index (χ0v) is 17.2.